The van der Waals surface area contributed by atoms with Crippen LogP contribution in [0.25, 0.3) is 11.3 Å². The molecule has 0 aliphatic heterocycles. The Hall–Kier alpha value is -1.90. The number of nitrogens with zero attached hydrogens (tertiary/aromatic N) is 2. The Bertz CT molecular complexity index is 474. The number of hydrogen-bond donors (Lipinski definition) is 1. The summed E-state index contributed by atoms with van der Waals surface area (Å²) >= 11 is 0. The SMILES string of the molecule is CCC(C)c1ccc(-c2ccc(N)nn2)cc1. The van der Waals surface area contributed by atoms with E-state index in [0.717, 1.165) is 17.7 Å². The smallest absolute Gasteiger partial charge is 0.146 e. The molecule has 88 valence electrons. The van der Waals surface area contributed by atoms with Gasteiger partial charge in [0.05, 0.1) is 5.69 Å². The fourth-order valence-electron chi connectivity index (χ4n) is 1.71. The van der Waals surface area contributed by atoms with Gasteiger partial charge in [0, 0.05) is 5.56 Å². The minimum absolute atomic E-state index is 0.449. The topological polar surface area (TPSA) is 51.8 Å². The summed E-state index contributed by atoms with van der Waals surface area (Å²) in [5.74, 6) is 1.05. The normalized spacial score (nSPS) is 12.4. The highest BCUT2D eigenvalue weighted by atomic mass is 15.1. The van der Waals surface area contributed by atoms with Crippen molar-refractivity contribution in [3.63, 3.8) is 0 Å². The summed E-state index contributed by atoms with van der Waals surface area (Å²) in [6, 6.07) is 12.1. The van der Waals surface area contributed by atoms with Crippen molar-refractivity contribution in [2.75, 3.05) is 5.73 Å². The van der Waals surface area contributed by atoms with Crippen LogP contribution < -0.4 is 5.73 Å². The van der Waals surface area contributed by atoms with Gasteiger partial charge in [-0.1, -0.05) is 38.1 Å². The van der Waals surface area contributed by atoms with Crippen molar-refractivity contribution in [1.29, 1.82) is 0 Å². The summed E-state index contributed by atoms with van der Waals surface area (Å²) in [5.41, 5.74) is 8.80. The lowest BCUT2D eigenvalue weighted by atomic mass is 9.97. The molecule has 3 heteroatoms. The van der Waals surface area contributed by atoms with E-state index in [4.69, 9.17) is 5.73 Å². The lowest BCUT2D eigenvalue weighted by molar-refractivity contribution is 0.734. The fraction of sp³-hybridized carbons (Fsp3) is 0.286. The number of benzene rings is 1. The zero-order valence-corrected chi connectivity index (χ0v) is 10.2. The first-order chi connectivity index (χ1) is 8.20. The average Bonchev–Trinajstić information content (AvgIpc) is 2.39. The van der Waals surface area contributed by atoms with Gasteiger partial charge < -0.3 is 5.73 Å². The van der Waals surface area contributed by atoms with Gasteiger partial charge in [-0.3, -0.25) is 0 Å². The molecule has 1 unspecified atom stereocenters. The Morgan fingerprint density at radius 2 is 1.76 bits per heavy atom. The molecule has 0 saturated heterocycles. The highest BCUT2D eigenvalue weighted by molar-refractivity contribution is 5.59. The van der Waals surface area contributed by atoms with E-state index < -0.39 is 0 Å². The molecule has 0 amide bonds. The molecule has 2 rings (SSSR count). The first kappa shape index (κ1) is 11.6. The Balaban J connectivity index is 2.26. The van der Waals surface area contributed by atoms with Crippen LogP contribution in [-0.4, -0.2) is 10.2 Å². The third-order valence-electron chi connectivity index (χ3n) is 3.07. The van der Waals surface area contributed by atoms with E-state index in [-0.39, 0.29) is 0 Å². The van der Waals surface area contributed by atoms with Gasteiger partial charge in [0.2, 0.25) is 0 Å². The van der Waals surface area contributed by atoms with E-state index in [1.807, 2.05) is 6.07 Å². The third kappa shape index (κ3) is 2.61. The van der Waals surface area contributed by atoms with Crippen LogP contribution in [0.15, 0.2) is 36.4 Å². The van der Waals surface area contributed by atoms with Crippen molar-refractivity contribution < 1.29 is 0 Å². The second-order valence-electron chi connectivity index (χ2n) is 4.27. The summed E-state index contributed by atoms with van der Waals surface area (Å²) in [4.78, 5) is 0. The number of hydrogen-bond acceptors (Lipinski definition) is 3. The van der Waals surface area contributed by atoms with E-state index >= 15 is 0 Å². The highest BCUT2D eigenvalue weighted by Gasteiger charge is 2.04. The van der Waals surface area contributed by atoms with Crippen molar-refractivity contribution in [2.45, 2.75) is 26.2 Å². The molecule has 0 bridgehead atoms. The average molecular weight is 227 g/mol. The van der Waals surface area contributed by atoms with Crippen LogP contribution in [0, 0.1) is 0 Å². The third-order valence-corrected chi connectivity index (χ3v) is 3.07. The van der Waals surface area contributed by atoms with E-state index in [9.17, 15) is 0 Å². The lowest BCUT2D eigenvalue weighted by Gasteiger charge is -2.09. The van der Waals surface area contributed by atoms with Gasteiger partial charge in [0.15, 0.2) is 0 Å². The van der Waals surface area contributed by atoms with Crippen molar-refractivity contribution in [3.8, 4) is 11.3 Å². The first-order valence-electron chi connectivity index (χ1n) is 5.90. The summed E-state index contributed by atoms with van der Waals surface area (Å²) in [5, 5.41) is 7.93. The molecule has 0 aliphatic carbocycles. The van der Waals surface area contributed by atoms with Gasteiger partial charge in [-0.25, -0.2) is 0 Å². The quantitative estimate of drug-likeness (QED) is 0.875. The van der Waals surface area contributed by atoms with Crippen LogP contribution >= 0.6 is 0 Å². The van der Waals surface area contributed by atoms with Crippen molar-refractivity contribution in [3.05, 3.63) is 42.0 Å². The fourth-order valence-corrected chi connectivity index (χ4v) is 1.71. The predicted octanol–water partition coefficient (Wildman–Crippen LogP) is 3.24. The van der Waals surface area contributed by atoms with E-state index in [1.165, 1.54) is 5.56 Å². The maximum Gasteiger partial charge on any atom is 0.146 e. The van der Waals surface area contributed by atoms with E-state index in [2.05, 4.69) is 48.3 Å². The number of rotatable bonds is 3. The van der Waals surface area contributed by atoms with E-state index in [1.54, 1.807) is 6.07 Å². The molecule has 0 fully saturated rings. The second kappa shape index (κ2) is 4.95. The van der Waals surface area contributed by atoms with Gasteiger partial charge in [0.25, 0.3) is 0 Å². The molecule has 17 heavy (non-hydrogen) atoms. The monoisotopic (exact) mass is 227 g/mol. The molecule has 1 heterocycles. The predicted molar refractivity (Wildman–Crippen MR) is 70.6 cm³/mol. The number of nitrogens with two attached hydrogens (primary N) is 1. The molecule has 1 atom stereocenters. The molecular weight excluding hydrogens is 210 g/mol. The molecule has 1 aromatic carbocycles. The zero-order valence-electron chi connectivity index (χ0n) is 10.2. The second-order valence-corrected chi connectivity index (χ2v) is 4.27. The summed E-state index contributed by atoms with van der Waals surface area (Å²) in [6.07, 6.45) is 1.15. The number of aromatic nitrogens is 2. The molecule has 0 radical (unpaired) electrons. The summed E-state index contributed by atoms with van der Waals surface area (Å²) < 4.78 is 0. The van der Waals surface area contributed by atoms with Crippen LogP contribution in [0.3, 0.4) is 0 Å². The number of nitrogen functional groups attached to an aromatic ring is 1. The van der Waals surface area contributed by atoms with Gasteiger partial charge >= 0.3 is 0 Å². The Morgan fingerprint density at radius 1 is 1.06 bits per heavy atom. The zero-order chi connectivity index (χ0) is 12.3. The molecular formula is C14H17N3. The molecule has 2 N–H and O–H groups in total. The van der Waals surface area contributed by atoms with Gasteiger partial charge in [-0.2, -0.15) is 0 Å². The molecule has 2 aromatic rings. The molecule has 1 aromatic heterocycles. The van der Waals surface area contributed by atoms with Crippen LogP contribution in [0.1, 0.15) is 31.7 Å². The van der Waals surface area contributed by atoms with Crippen LogP contribution in [0.4, 0.5) is 5.82 Å². The summed E-state index contributed by atoms with van der Waals surface area (Å²) in [7, 11) is 0. The van der Waals surface area contributed by atoms with E-state index in [0.29, 0.717) is 11.7 Å². The molecule has 0 spiro atoms. The minimum Gasteiger partial charge on any atom is -0.382 e. The number of anilines is 1. The van der Waals surface area contributed by atoms with Crippen LogP contribution in [0.5, 0.6) is 0 Å². The van der Waals surface area contributed by atoms with Gasteiger partial charge in [0.1, 0.15) is 5.82 Å². The lowest BCUT2D eigenvalue weighted by Crippen LogP contribution is -1.94. The Labute approximate surface area is 102 Å². The maximum atomic E-state index is 5.51. The molecule has 0 saturated carbocycles. The largest absolute Gasteiger partial charge is 0.382 e. The maximum absolute atomic E-state index is 5.51. The van der Waals surface area contributed by atoms with Crippen LogP contribution in [-0.2, 0) is 0 Å². The molecule has 0 aliphatic rings. The van der Waals surface area contributed by atoms with Crippen molar-refractivity contribution in [1.82, 2.24) is 10.2 Å². The molecule has 3 nitrogen and oxygen atoms in total. The highest BCUT2D eigenvalue weighted by Crippen LogP contribution is 2.22. The van der Waals surface area contributed by atoms with Crippen molar-refractivity contribution in [2.24, 2.45) is 0 Å². The summed E-state index contributed by atoms with van der Waals surface area (Å²) in [6.45, 7) is 4.43. The van der Waals surface area contributed by atoms with Gasteiger partial charge in [-0.05, 0) is 30.0 Å². The Morgan fingerprint density at radius 3 is 2.29 bits per heavy atom. The standard InChI is InChI=1S/C14H17N3/c1-3-10(2)11-4-6-12(7-5-11)13-8-9-14(15)17-16-13/h4-10H,3H2,1-2H3,(H2,15,17). The Kier molecular flexibility index (Phi) is 3.38. The van der Waals surface area contributed by atoms with Gasteiger partial charge in [-0.15, -0.1) is 10.2 Å². The minimum atomic E-state index is 0.449. The first-order valence-corrected chi connectivity index (χ1v) is 5.90. The van der Waals surface area contributed by atoms with Crippen molar-refractivity contribution >= 4 is 5.82 Å². The van der Waals surface area contributed by atoms with Crippen LogP contribution in [0.2, 0.25) is 0 Å².